The van der Waals surface area contributed by atoms with Gasteiger partial charge in [-0.05, 0) is 43.4 Å². The van der Waals surface area contributed by atoms with Crippen LogP contribution in [0.1, 0.15) is 24.0 Å². The Labute approximate surface area is 126 Å². The molecule has 0 saturated heterocycles. The number of nitrogens with one attached hydrogen (secondary N) is 1. The molecule has 4 nitrogen and oxygen atoms in total. The molecule has 0 radical (unpaired) electrons. The molecule has 0 aliphatic heterocycles. The summed E-state index contributed by atoms with van der Waals surface area (Å²) in [5, 5.41) is 3.26. The van der Waals surface area contributed by atoms with Gasteiger partial charge in [-0.2, -0.15) is 0 Å². The second-order valence-electron chi connectivity index (χ2n) is 5.17. The zero-order chi connectivity index (χ0) is 15.1. The maximum atomic E-state index is 5.81. The summed E-state index contributed by atoms with van der Waals surface area (Å²) < 4.78 is 11.1. The Balaban J connectivity index is 1.88. The standard InChI is InChI=1S/C17H24N2O2/c1-4-18-11-16-8-9-17(21-16)13-19(2)12-14-6-5-7-15(10-14)20-3/h5-10,18H,4,11-13H2,1-3H3. The highest BCUT2D eigenvalue weighted by Gasteiger charge is 2.07. The lowest BCUT2D eigenvalue weighted by atomic mass is 10.2. The lowest BCUT2D eigenvalue weighted by Gasteiger charge is -2.15. The third-order valence-electron chi connectivity index (χ3n) is 3.28. The van der Waals surface area contributed by atoms with Crippen molar-refractivity contribution >= 4 is 0 Å². The molecule has 2 aromatic rings. The van der Waals surface area contributed by atoms with E-state index < -0.39 is 0 Å². The van der Waals surface area contributed by atoms with Gasteiger partial charge in [0.25, 0.3) is 0 Å². The smallest absolute Gasteiger partial charge is 0.119 e. The van der Waals surface area contributed by atoms with Crippen molar-refractivity contribution in [2.24, 2.45) is 0 Å². The minimum Gasteiger partial charge on any atom is -0.497 e. The summed E-state index contributed by atoms with van der Waals surface area (Å²) in [4.78, 5) is 2.23. The van der Waals surface area contributed by atoms with Crippen LogP contribution in [0.15, 0.2) is 40.8 Å². The van der Waals surface area contributed by atoms with Crippen molar-refractivity contribution in [1.29, 1.82) is 0 Å². The molecule has 114 valence electrons. The van der Waals surface area contributed by atoms with Crippen LogP contribution in [0.2, 0.25) is 0 Å². The molecule has 1 heterocycles. The molecule has 0 aliphatic rings. The second-order valence-corrected chi connectivity index (χ2v) is 5.17. The van der Waals surface area contributed by atoms with Crippen molar-refractivity contribution in [3.05, 3.63) is 53.5 Å². The van der Waals surface area contributed by atoms with E-state index in [9.17, 15) is 0 Å². The Morgan fingerprint density at radius 3 is 2.71 bits per heavy atom. The minimum absolute atomic E-state index is 0.788. The SMILES string of the molecule is CCNCc1ccc(CN(C)Cc2cccc(OC)c2)o1. The van der Waals surface area contributed by atoms with Crippen LogP contribution in [-0.2, 0) is 19.6 Å². The number of methoxy groups -OCH3 is 1. The van der Waals surface area contributed by atoms with E-state index in [-0.39, 0.29) is 0 Å². The fraction of sp³-hybridized carbons (Fsp3) is 0.412. The Hall–Kier alpha value is -1.78. The van der Waals surface area contributed by atoms with Gasteiger partial charge in [0.1, 0.15) is 17.3 Å². The maximum Gasteiger partial charge on any atom is 0.119 e. The fourth-order valence-electron chi connectivity index (χ4n) is 2.25. The number of hydrogen-bond acceptors (Lipinski definition) is 4. The number of rotatable bonds is 8. The van der Waals surface area contributed by atoms with E-state index in [2.05, 4.69) is 42.4 Å². The number of hydrogen-bond donors (Lipinski definition) is 1. The molecular weight excluding hydrogens is 264 g/mol. The largest absolute Gasteiger partial charge is 0.497 e. The molecule has 0 atom stereocenters. The molecule has 0 saturated carbocycles. The van der Waals surface area contributed by atoms with E-state index in [0.29, 0.717) is 0 Å². The average Bonchev–Trinajstić information content (AvgIpc) is 2.92. The molecule has 1 aromatic carbocycles. The van der Waals surface area contributed by atoms with E-state index in [0.717, 1.165) is 43.4 Å². The van der Waals surface area contributed by atoms with Crippen LogP contribution in [0.3, 0.4) is 0 Å². The van der Waals surface area contributed by atoms with Gasteiger partial charge >= 0.3 is 0 Å². The predicted molar refractivity (Wildman–Crippen MR) is 84.3 cm³/mol. The van der Waals surface area contributed by atoms with Crippen LogP contribution < -0.4 is 10.1 Å². The van der Waals surface area contributed by atoms with Gasteiger partial charge in [-0.15, -0.1) is 0 Å². The van der Waals surface area contributed by atoms with Gasteiger partial charge in [0, 0.05) is 6.54 Å². The average molecular weight is 288 g/mol. The minimum atomic E-state index is 0.788. The summed E-state index contributed by atoms with van der Waals surface area (Å²) >= 11 is 0. The summed E-state index contributed by atoms with van der Waals surface area (Å²) in [6, 6.07) is 12.2. The highest BCUT2D eigenvalue weighted by atomic mass is 16.5. The van der Waals surface area contributed by atoms with Gasteiger partial charge < -0.3 is 14.5 Å². The molecule has 0 amide bonds. The van der Waals surface area contributed by atoms with Crippen molar-refractivity contribution in [2.45, 2.75) is 26.6 Å². The number of furan rings is 1. The molecule has 0 spiro atoms. The van der Waals surface area contributed by atoms with Gasteiger partial charge in [-0.1, -0.05) is 19.1 Å². The summed E-state index contributed by atoms with van der Waals surface area (Å²) in [5.74, 6) is 2.88. The van der Waals surface area contributed by atoms with E-state index in [4.69, 9.17) is 9.15 Å². The van der Waals surface area contributed by atoms with E-state index >= 15 is 0 Å². The Morgan fingerprint density at radius 2 is 1.95 bits per heavy atom. The number of ether oxygens (including phenoxy) is 1. The number of benzene rings is 1. The van der Waals surface area contributed by atoms with Crippen molar-refractivity contribution in [1.82, 2.24) is 10.2 Å². The zero-order valence-corrected chi connectivity index (χ0v) is 13.1. The summed E-state index contributed by atoms with van der Waals surface area (Å²) in [6.07, 6.45) is 0. The first-order chi connectivity index (χ1) is 10.2. The van der Waals surface area contributed by atoms with E-state index in [1.54, 1.807) is 7.11 Å². The van der Waals surface area contributed by atoms with Crippen molar-refractivity contribution in [2.75, 3.05) is 20.7 Å². The topological polar surface area (TPSA) is 37.6 Å². The van der Waals surface area contributed by atoms with Crippen LogP contribution in [0.25, 0.3) is 0 Å². The lowest BCUT2D eigenvalue weighted by molar-refractivity contribution is 0.282. The Bertz CT molecular complexity index is 551. The van der Waals surface area contributed by atoms with Crippen molar-refractivity contribution in [3.8, 4) is 5.75 Å². The first-order valence-corrected chi connectivity index (χ1v) is 7.31. The molecule has 21 heavy (non-hydrogen) atoms. The molecule has 0 bridgehead atoms. The first kappa shape index (κ1) is 15.6. The predicted octanol–water partition coefficient (Wildman–Crippen LogP) is 3.03. The van der Waals surface area contributed by atoms with Crippen LogP contribution in [-0.4, -0.2) is 25.6 Å². The molecule has 4 heteroatoms. The monoisotopic (exact) mass is 288 g/mol. The molecule has 0 unspecified atom stereocenters. The summed E-state index contributed by atoms with van der Waals surface area (Å²) in [7, 11) is 3.78. The van der Waals surface area contributed by atoms with Gasteiger partial charge in [0.2, 0.25) is 0 Å². The van der Waals surface area contributed by atoms with Crippen molar-refractivity contribution < 1.29 is 9.15 Å². The van der Waals surface area contributed by atoms with Gasteiger partial charge in [0.15, 0.2) is 0 Å². The fourth-order valence-corrected chi connectivity index (χ4v) is 2.25. The van der Waals surface area contributed by atoms with Crippen LogP contribution in [0, 0.1) is 0 Å². The van der Waals surface area contributed by atoms with Crippen LogP contribution >= 0.6 is 0 Å². The highest BCUT2D eigenvalue weighted by molar-refractivity contribution is 5.28. The van der Waals surface area contributed by atoms with Gasteiger partial charge in [0.05, 0.1) is 20.2 Å². The van der Waals surface area contributed by atoms with Crippen LogP contribution in [0.4, 0.5) is 0 Å². The molecular formula is C17H24N2O2. The second kappa shape index (κ2) is 7.86. The third-order valence-corrected chi connectivity index (χ3v) is 3.28. The van der Waals surface area contributed by atoms with Gasteiger partial charge in [-0.3, -0.25) is 4.90 Å². The molecule has 0 aliphatic carbocycles. The normalized spacial score (nSPS) is 11.0. The summed E-state index contributed by atoms with van der Waals surface area (Å²) in [5.41, 5.74) is 1.23. The third kappa shape index (κ3) is 4.92. The van der Waals surface area contributed by atoms with Crippen LogP contribution in [0.5, 0.6) is 5.75 Å². The number of nitrogens with zero attached hydrogens (tertiary/aromatic N) is 1. The van der Waals surface area contributed by atoms with E-state index in [1.165, 1.54) is 5.56 Å². The Morgan fingerprint density at radius 1 is 1.14 bits per heavy atom. The molecule has 0 fully saturated rings. The molecule has 1 N–H and O–H groups in total. The highest BCUT2D eigenvalue weighted by Crippen LogP contribution is 2.16. The quantitative estimate of drug-likeness (QED) is 0.810. The Kier molecular flexibility index (Phi) is 5.84. The molecule has 2 rings (SSSR count). The lowest BCUT2D eigenvalue weighted by Crippen LogP contribution is -2.17. The van der Waals surface area contributed by atoms with Gasteiger partial charge in [-0.25, -0.2) is 0 Å². The first-order valence-electron chi connectivity index (χ1n) is 7.31. The molecule has 1 aromatic heterocycles. The van der Waals surface area contributed by atoms with Crippen molar-refractivity contribution in [3.63, 3.8) is 0 Å². The zero-order valence-electron chi connectivity index (χ0n) is 13.1. The maximum absolute atomic E-state index is 5.81. The van der Waals surface area contributed by atoms with E-state index in [1.807, 2.05) is 18.2 Å². The summed E-state index contributed by atoms with van der Waals surface area (Å²) in [6.45, 7) is 5.48.